The van der Waals surface area contributed by atoms with Gasteiger partial charge in [-0.2, -0.15) is 0 Å². The lowest BCUT2D eigenvalue weighted by atomic mass is 10.1. The van der Waals surface area contributed by atoms with Gasteiger partial charge in [-0.05, 0) is 12.5 Å². The van der Waals surface area contributed by atoms with E-state index in [1.54, 1.807) is 0 Å². The molecule has 2 rings (SSSR count). The van der Waals surface area contributed by atoms with Gasteiger partial charge in [-0.1, -0.05) is 41.4 Å². The first-order valence-electron chi connectivity index (χ1n) is 4.48. The van der Waals surface area contributed by atoms with Crippen molar-refractivity contribution >= 4 is 11.6 Å². The van der Waals surface area contributed by atoms with Crippen LogP contribution < -0.4 is 5.69 Å². The van der Waals surface area contributed by atoms with Gasteiger partial charge in [0.2, 0.25) is 0 Å². The molecular weight excluding hydrogens is 212 g/mol. The largest absolute Gasteiger partial charge is 0.346 e. The molecule has 3 nitrogen and oxygen atoms in total. The van der Waals surface area contributed by atoms with Gasteiger partial charge in [0.15, 0.2) is 0 Å². The zero-order valence-electron chi connectivity index (χ0n) is 8.12. The van der Waals surface area contributed by atoms with Crippen LogP contribution in [-0.4, -0.2) is 9.97 Å². The van der Waals surface area contributed by atoms with Crippen LogP contribution in [0.4, 0.5) is 0 Å². The molecule has 0 spiro atoms. The van der Waals surface area contributed by atoms with Crippen molar-refractivity contribution in [3.8, 4) is 11.1 Å². The average molecular weight is 221 g/mol. The van der Waals surface area contributed by atoms with Crippen LogP contribution in [0, 0.1) is 6.92 Å². The van der Waals surface area contributed by atoms with Gasteiger partial charge in [0, 0.05) is 11.8 Å². The summed E-state index contributed by atoms with van der Waals surface area (Å²) in [6.07, 6.45) is 1.48. The lowest BCUT2D eigenvalue weighted by Crippen LogP contribution is -2.09. The topological polar surface area (TPSA) is 45.8 Å². The molecular formula is C11H9ClN2O. The quantitative estimate of drug-likeness (QED) is 0.751. The number of nitrogens with zero attached hydrogens (tertiary/aromatic N) is 1. The number of rotatable bonds is 1. The molecule has 0 fully saturated rings. The maximum atomic E-state index is 10.9. The van der Waals surface area contributed by atoms with Gasteiger partial charge in [0.05, 0.1) is 0 Å². The fourth-order valence-electron chi connectivity index (χ4n) is 1.39. The summed E-state index contributed by atoms with van der Waals surface area (Å²) in [6.45, 7) is 2.00. The van der Waals surface area contributed by atoms with E-state index in [0.717, 1.165) is 16.7 Å². The van der Waals surface area contributed by atoms with E-state index < -0.39 is 5.69 Å². The summed E-state index contributed by atoms with van der Waals surface area (Å²) >= 11 is 5.92. The third-order valence-electron chi connectivity index (χ3n) is 2.09. The molecule has 4 heteroatoms. The predicted molar refractivity (Wildman–Crippen MR) is 60.0 cm³/mol. The maximum absolute atomic E-state index is 10.9. The van der Waals surface area contributed by atoms with E-state index in [0.29, 0.717) is 5.15 Å². The Labute approximate surface area is 91.8 Å². The van der Waals surface area contributed by atoms with Crippen molar-refractivity contribution in [3.63, 3.8) is 0 Å². The second kappa shape index (κ2) is 3.87. The molecule has 76 valence electrons. The normalized spacial score (nSPS) is 10.3. The van der Waals surface area contributed by atoms with Gasteiger partial charge in [-0.25, -0.2) is 9.78 Å². The van der Waals surface area contributed by atoms with Crippen LogP contribution >= 0.6 is 11.6 Å². The third-order valence-corrected chi connectivity index (χ3v) is 2.39. The number of H-pyrrole nitrogens is 1. The Morgan fingerprint density at radius 3 is 2.87 bits per heavy atom. The smallest absolute Gasteiger partial charge is 0.296 e. The standard InChI is InChI=1S/C11H9ClN2O/c1-7-3-2-4-8(5-7)9-6-13-11(15)14-10(9)12/h2-6H,1H3,(H,13,14,15). The van der Waals surface area contributed by atoms with Crippen LogP contribution in [0.2, 0.25) is 5.15 Å². The fourth-order valence-corrected chi connectivity index (χ4v) is 1.63. The molecule has 0 saturated carbocycles. The van der Waals surface area contributed by atoms with Crippen molar-refractivity contribution < 1.29 is 0 Å². The van der Waals surface area contributed by atoms with E-state index in [1.807, 2.05) is 31.2 Å². The maximum Gasteiger partial charge on any atom is 0.346 e. The third kappa shape index (κ3) is 2.07. The second-order valence-corrected chi connectivity index (χ2v) is 3.66. The SMILES string of the molecule is Cc1cccc(-c2cnc(=O)[nH]c2Cl)c1. The predicted octanol–water partition coefficient (Wildman–Crippen LogP) is 2.40. The Hall–Kier alpha value is -1.61. The zero-order valence-corrected chi connectivity index (χ0v) is 8.88. The number of hydrogen-bond acceptors (Lipinski definition) is 2. The van der Waals surface area contributed by atoms with E-state index in [4.69, 9.17) is 11.6 Å². The van der Waals surface area contributed by atoms with Crippen LogP contribution in [0.15, 0.2) is 35.3 Å². The molecule has 1 heterocycles. The zero-order chi connectivity index (χ0) is 10.8. The molecule has 2 aromatic rings. The highest BCUT2D eigenvalue weighted by Gasteiger charge is 2.04. The van der Waals surface area contributed by atoms with Gasteiger partial charge >= 0.3 is 5.69 Å². The molecule has 0 aliphatic heterocycles. The summed E-state index contributed by atoms with van der Waals surface area (Å²) in [5.41, 5.74) is 2.38. The number of halogens is 1. The number of benzene rings is 1. The molecule has 0 radical (unpaired) electrons. The Bertz CT molecular complexity index is 548. The van der Waals surface area contributed by atoms with Gasteiger partial charge in [-0.3, -0.25) is 4.98 Å². The lowest BCUT2D eigenvalue weighted by molar-refractivity contribution is 1.08. The first kappa shape index (κ1) is 9.93. The molecule has 1 aromatic heterocycles. The minimum atomic E-state index is -0.434. The number of aromatic amines is 1. The lowest BCUT2D eigenvalue weighted by Gasteiger charge is -2.03. The molecule has 15 heavy (non-hydrogen) atoms. The summed E-state index contributed by atoms with van der Waals surface area (Å²) < 4.78 is 0. The number of aryl methyl sites for hydroxylation is 1. The molecule has 0 bridgehead atoms. The molecule has 0 saturated heterocycles. The Kier molecular flexibility index (Phi) is 2.56. The Morgan fingerprint density at radius 1 is 1.40 bits per heavy atom. The molecule has 1 N–H and O–H groups in total. The van der Waals surface area contributed by atoms with Gasteiger partial charge in [0.1, 0.15) is 5.15 Å². The fraction of sp³-hybridized carbons (Fsp3) is 0.0909. The van der Waals surface area contributed by atoms with E-state index in [-0.39, 0.29) is 0 Å². The molecule has 0 unspecified atom stereocenters. The first-order valence-corrected chi connectivity index (χ1v) is 4.86. The highest BCUT2D eigenvalue weighted by Crippen LogP contribution is 2.24. The van der Waals surface area contributed by atoms with Gasteiger partial charge in [-0.15, -0.1) is 0 Å². The van der Waals surface area contributed by atoms with Crippen LogP contribution in [0.25, 0.3) is 11.1 Å². The Balaban J connectivity index is 2.59. The van der Waals surface area contributed by atoms with Crippen molar-refractivity contribution in [1.82, 2.24) is 9.97 Å². The minimum Gasteiger partial charge on any atom is -0.296 e. The summed E-state index contributed by atoms with van der Waals surface area (Å²) in [4.78, 5) is 17.0. The van der Waals surface area contributed by atoms with E-state index in [9.17, 15) is 4.79 Å². The summed E-state index contributed by atoms with van der Waals surface area (Å²) in [5.74, 6) is 0. The molecule has 0 aliphatic carbocycles. The first-order chi connectivity index (χ1) is 7.16. The van der Waals surface area contributed by atoms with E-state index >= 15 is 0 Å². The van der Waals surface area contributed by atoms with Crippen molar-refractivity contribution in [2.45, 2.75) is 6.92 Å². The van der Waals surface area contributed by atoms with Crippen LogP contribution in [0.5, 0.6) is 0 Å². The average Bonchev–Trinajstić information content (AvgIpc) is 2.17. The van der Waals surface area contributed by atoms with Crippen LogP contribution in [0.3, 0.4) is 0 Å². The monoisotopic (exact) mass is 220 g/mol. The number of hydrogen-bond donors (Lipinski definition) is 1. The summed E-state index contributed by atoms with van der Waals surface area (Å²) in [5, 5.41) is 0.320. The highest BCUT2D eigenvalue weighted by molar-refractivity contribution is 6.32. The minimum absolute atomic E-state index is 0.320. The molecule has 1 aromatic carbocycles. The van der Waals surface area contributed by atoms with E-state index in [2.05, 4.69) is 9.97 Å². The van der Waals surface area contributed by atoms with Crippen molar-refractivity contribution in [3.05, 3.63) is 51.7 Å². The number of nitrogens with one attached hydrogen (secondary N) is 1. The molecule has 0 aliphatic rings. The van der Waals surface area contributed by atoms with E-state index in [1.165, 1.54) is 6.20 Å². The van der Waals surface area contributed by atoms with Crippen LogP contribution in [-0.2, 0) is 0 Å². The van der Waals surface area contributed by atoms with Crippen molar-refractivity contribution in [2.24, 2.45) is 0 Å². The second-order valence-electron chi connectivity index (χ2n) is 3.29. The number of aromatic nitrogens is 2. The Morgan fingerprint density at radius 2 is 2.20 bits per heavy atom. The molecule has 0 atom stereocenters. The highest BCUT2D eigenvalue weighted by atomic mass is 35.5. The van der Waals surface area contributed by atoms with Gasteiger partial charge in [0.25, 0.3) is 0 Å². The molecule has 0 amide bonds. The van der Waals surface area contributed by atoms with Gasteiger partial charge < -0.3 is 0 Å². The van der Waals surface area contributed by atoms with Crippen molar-refractivity contribution in [2.75, 3.05) is 0 Å². The van der Waals surface area contributed by atoms with Crippen LogP contribution in [0.1, 0.15) is 5.56 Å². The summed E-state index contributed by atoms with van der Waals surface area (Å²) in [6, 6.07) is 7.85. The van der Waals surface area contributed by atoms with Crippen molar-refractivity contribution in [1.29, 1.82) is 0 Å². The summed E-state index contributed by atoms with van der Waals surface area (Å²) in [7, 11) is 0.